The van der Waals surface area contributed by atoms with Crippen LogP contribution in [0, 0.1) is 0 Å². The van der Waals surface area contributed by atoms with Crippen molar-refractivity contribution in [3.05, 3.63) is 52.2 Å². The summed E-state index contributed by atoms with van der Waals surface area (Å²) in [5, 5.41) is 7.44. The predicted octanol–water partition coefficient (Wildman–Crippen LogP) is 5.51. The van der Waals surface area contributed by atoms with Crippen molar-refractivity contribution in [2.75, 3.05) is 18.4 Å². The van der Waals surface area contributed by atoms with Crippen LogP contribution in [0.25, 0.3) is 22.1 Å². The van der Waals surface area contributed by atoms with E-state index < -0.39 is 11.7 Å². The third-order valence-electron chi connectivity index (χ3n) is 6.57. The largest absolute Gasteiger partial charge is 0.444 e. The standard InChI is InChI=1S/C27H30Cl2N8O3/c1-14(22-34-19-7-8-21(29)35-24(19)36-22)33-23-17-10-18(28)16(11-20(17)31-13-32-23)25(38)37-9-5-6-15(37)12-30-26(39)40-27(2,3)4/h7-8,10-11,13-15H,5-6,9,12H2,1-4H3,(H,30,39)(H,31,32,33)(H,34,35,36)/t14-,15+/m1/s1. The van der Waals surface area contributed by atoms with E-state index >= 15 is 0 Å². The minimum atomic E-state index is -0.598. The number of alkyl carbamates (subject to hydrolysis) is 1. The van der Waals surface area contributed by atoms with Crippen molar-refractivity contribution in [1.29, 1.82) is 0 Å². The number of carbonyl (C=O) groups excluding carboxylic acids is 2. The Morgan fingerprint density at radius 1 is 1.20 bits per heavy atom. The average Bonchev–Trinajstić information content (AvgIpc) is 3.53. The number of rotatable bonds is 6. The van der Waals surface area contributed by atoms with Crippen molar-refractivity contribution >= 4 is 63.1 Å². The molecule has 210 valence electrons. The molecule has 1 fully saturated rings. The minimum absolute atomic E-state index is 0.163. The number of halogens is 2. The van der Waals surface area contributed by atoms with E-state index in [0.717, 1.165) is 18.4 Å². The predicted molar refractivity (Wildman–Crippen MR) is 154 cm³/mol. The summed E-state index contributed by atoms with van der Waals surface area (Å²) in [7, 11) is 0. The number of ether oxygens (including phenoxy) is 1. The summed E-state index contributed by atoms with van der Waals surface area (Å²) in [6, 6.07) is 6.48. The third kappa shape index (κ3) is 6.05. The maximum absolute atomic E-state index is 13.6. The van der Waals surface area contributed by atoms with Gasteiger partial charge < -0.3 is 25.3 Å². The highest BCUT2D eigenvalue weighted by Gasteiger charge is 2.31. The minimum Gasteiger partial charge on any atom is -0.444 e. The molecule has 1 aliphatic heterocycles. The van der Waals surface area contributed by atoms with E-state index in [1.165, 1.54) is 6.33 Å². The molecule has 1 aliphatic rings. The number of H-pyrrole nitrogens is 1. The topological polar surface area (TPSA) is 138 Å². The molecule has 0 unspecified atom stereocenters. The lowest BCUT2D eigenvalue weighted by Gasteiger charge is -2.26. The number of imidazole rings is 1. The zero-order valence-corrected chi connectivity index (χ0v) is 24.1. The Balaban J connectivity index is 1.34. The molecule has 0 saturated carbocycles. The zero-order valence-electron chi connectivity index (χ0n) is 22.6. The molecule has 3 aromatic heterocycles. The van der Waals surface area contributed by atoms with E-state index in [0.29, 0.717) is 52.0 Å². The Hall–Kier alpha value is -3.70. The highest BCUT2D eigenvalue weighted by molar-refractivity contribution is 6.35. The summed E-state index contributed by atoms with van der Waals surface area (Å²) < 4.78 is 5.32. The number of pyridine rings is 1. The van der Waals surface area contributed by atoms with E-state index in [1.807, 2.05) is 13.0 Å². The smallest absolute Gasteiger partial charge is 0.407 e. The van der Waals surface area contributed by atoms with Crippen molar-refractivity contribution in [1.82, 2.24) is 35.1 Å². The molecular formula is C27H30Cl2N8O3. The lowest BCUT2D eigenvalue weighted by Crippen LogP contribution is -2.44. The highest BCUT2D eigenvalue weighted by atomic mass is 35.5. The summed E-state index contributed by atoms with van der Waals surface area (Å²) in [6.45, 7) is 8.21. The maximum Gasteiger partial charge on any atom is 0.407 e. The third-order valence-corrected chi connectivity index (χ3v) is 7.09. The Morgan fingerprint density at radius 2 is 2.00 bits per heavy atom. The van der Waals surface area contributed by atoms with Gasteiger partial charge in [-0.1, -0.05) is 23.2 Å². The van der Waals surface area contributed by atoms with Crippen LogP contribution in [0.2, 0.25) is 10.2 Å². The van der Waals surface area contributed by atoms with Gasteiger partial charge in [0.15, 0.2) is 5.65 Å². The molecule has 40 heavy (non-hydrogen) atoms. The first-order valence-electron chi connectivity index (χ1n) is 13.0. The molecule has 0 spiro atoms. The normalized spacial score (nSPS) is 16.4. The van der Waals surface area contributed by atoms with E-state index in [-0.39, 0.29) is 23.0 Å². The summed E-state index contributed by atoms with van der Waals surface area (Å²) in [6.07, 6.45) is 2.52. The van der Waals surface area contributed by atoms with Crippen LogP contribution in [0.3, 0.4) is 0 Å². The lowest BCUT2D eigenvalue weighted by molar-refractivity contribution is 0.0501. The number of anilines is 1. The van der Waals surface area contributed by atoms with Crippen molar-refractivity contribution in [2.45, 2.75) is 58.2 Å². The molecule has 13 heteroatoms. The van der Waals surface area contributed by atoms with Gasteiger partial charge in [-0.15, -0.1) is 0 Å². The Labute approximate surface area is 241 Å². The van der Waals surface area contributed by atoms with E-state index in [9.17, 15) is 9.59 Å². The molecule has 2 amide bonds. The number of nitrogens with zero attached hydrogens (tertiary/aromatic N) is 5. The molecule has 11 nitrogen and oxygen atoms in total. The monoisotopic (exact) mass is 584 g/mol. The van der Waals surface area contributed by atoms with Crippen molar-refractivity contribution in [2.24, 2.45) is 0 Å². The summed E-state index contributed by atoms with van der Waals surface area (Å²) in [5.74, 6) is 0.996. The Morgan fingerprint density at radius 3 is 2.77 bits per heavy atom. The molecule has 0 radical (unpaired) electrons. The first kappa shape index (κ1) is 27.9. The van der Waals surface area contributed by atoms with Crippen molar-refractivity contribution < 1.29 is 14.3 Å². The zero-order chi connectivity index (χ0) is 28.6. The number of amides is 2. The SMILES string of the molecule is C[C@@H](Nc1ncnc2cc(C(=O)N3CCC[C@H]3CNC(=O)OC(C)(C)C)c(Cl)cc12)c1nc2nc(Cl)ccc2[nH]1. The lowest BCUT2D eigenvalue weighted by atomic mass is 10.1. The number of aromatic amines is 1. The van der Waals surface area contributed by atoms with Gasteiger partial charge in [0, 0.05) is 24.5 Å². The fraction of sp³-hybridized carbons (Fsp3) is 0.407. The number of aromatic nitrogens is 5. The Bertz CT molecular complexity index is 1590. The van der Waals surface area contributed by atoms with Crippen LogP contribution in [-0.2, 0) is 4.74 Å². The number of likely N-dealkylation sites (tertiary alicyclic amines) is 1. The summed E-state index contributed by atoms with van der Waals surface area (Å²) >= 11 is 12.7. The molecule has 0 aliphatic carbocycles. The van der Waals surface area contributed by atoms with Crippen LogP contribution < -0.4 is 10.6 Å². The van der Waals surface area contributed by atoms with Gasteiger partial charge in [-0.3, -0.25) is 4.79 Å². The second-order valence-electron chi connectivity index (χ2n) is 10.7. The highest BCUT2D eigenvalue weighted by Crippen LogP contribution is 2.31. The fourth-order valence-corrected chi connectivity index (χ4v) is 5.10. The number of carbonyl (C=O) groups is 2. The van der Waals surface area contributed by atoms with Gasteiger partial charge in [0.05, 0.1) is 27.7 Å². The molecule has 5 rings (SSSR count). The van der Waals surface area contributed by atoms with E-state index in [1.54, 1.807) is 43.9 Å². The average molecular weight is 585 g/mol. The first-order chi connectivity index (χ1) is 19.0. The second-order valence-corrected chi connectivity index (χ2v) is 11.5. The number of hydrogen-bond donors (Lipinski definition) is 3. The second kappa shape index (κ2) is 11.1. The van der Waals surface area contributed by atoms with Gasteiger partial charge in [0.25, 0.3) is 5.91 Å². The van der Waals surface area contributed by atoms with Gasteiger partial charge in [-0.05, 0) is 64.8 Å². The molecule has 4 heterocycles. The van der Waals surface area contributed by atoms with Gasteiger partial charge in [0.2, 0.25) is 0 Å². The van der Waals surface area contributed by atoms with Gasteiger partial charge in [-0.2, -0.15) is 0 Å². The van der Waals surface area contributed by atoms with Gasteiger partial charge in [-0.25, -0.2) is 24.7 Å². The van der Waals surface area contributed by atoms with Crippen molar-refractivity contribution in [3.63, 3.8) is 0 Å². The Kier molecular flexibility index (Phi) is 7.70. The number of hydrogen-bond acceptors (Lipinski definition) is 8. The molecule has 1 saturated heterocycles. The maximum atomic E-state index is 13.6. The number of fused-ring (bicyclic) bond motifs is 2. The van der Waals surface area contributed by atoms with Crippen molar-refractivity contribution in [3.8, 4) is 0 Å². The number of nitrogens with one attached hydrogen (secondary N) is 3. The molecule has 1 aromatic carbocycles. The van der Waals surface area contributed by atoms with E-state index in [2.05, 4.69) is 35.6 Å². The van der Waals surface area contributed by atoms with Crippen LogP contribution in [0.15, 0.2) is 30.6 Å². The quantitative estimate of drug-likeness (QED) is 0.252. The molecule has 4 aromatic rings. The van der Waals surface area contributed by atoms with Crippen LogP contribution >= 0.6 is 23.2 Å². The van der Waals surface area contributed by atoms with Gasteiger partial charge >= 0.3 is 6.09 Å². The molecule has 3 N–H and O–H groups in total. The first-order valence-corrected chi connectivity index (χ1v) is 13.7. The van der Waals surface area contributed by atoms with Crippen LogP contribution in [0.5, 0.6) is 0 Å². The summed E-state index contributed by atoms with van der Waals surface area (Å²) in [5.41, 5.74) is 1.61. The molecular weight excluding hydrogens is 555 g/mol. The van der Waals surface area contributed by atoms with Gasteiger partial charge in [0.1, 0.15) is 28.7 Å². The van der Waals surface area contributed by atoms with Crippen LogP contribution in [0.4, 0.5) is 10.6 Å². The summed E-state index contributed by atoms with van der Waals surface area (Å²) in [4.78, 5) is 48.2. The van der Waals surface area contributed by atoms with Crippen LogP contribution in [0.1, 0.15) is 62.8 Å². The van der Waals surface area contributed by atoms with Crippen LogP contribution in [-0.4, -0.2) is 66.6 Å². The molecule has 0 bridgehead atoms. The fourth-order valence-electron chi connectivity index (χ4n) is 4.71. The number of benzene rings is 1. The van der Waals surface area contributed by atoms with E-state index in [4.69, 9.17) is 27.9 Å². The molecule has 2 atom stereocenters.